The molecule has 4 heteroatoms. The van der Waals surface area contributed by atoms with Crippen LogP contribution in [0, 0.1) is 0 Å². The van der Waals surface area contributed by atoms with Gasteiger partial charge < -0.3 is 10.4 Å². The van der Waals surface area contributed by atoms with Crippen LogP contribution in [-0.2, 0) is 6.42 Å². The molecule has 1 rings (SSSR count). The number of nitrogens with zero attached hydrogens (tertiary/aromatic N) is 2. The third-order valence-corrected chi connectivity index (χ3v) is 2.09. The zero-order valence-corrected chi connectivity index (χ0v) is 9.62. The van der Waals surface area contributed by atoms with Crippen molar-refractivity contribution in [3.05, 3.63) is 18.1 Å². The second kappa shape index (κ2) is 5.07. The van der Waals surface area contributed by atoms with Crippen molar-refractivity contribution in [1.82, 2.24) is 9.97 Å². The van der Waals surface area contributed by atoms with Crippen LogP contribution in [0.2, 0.25) is 0 Å². The van der Waals surface area contributed by atoms with Gasteiger partial charge in [-0.25, -0.2) is 9.97 Å². The molecule has 0 spiro atoms. The lowest BCUT2D eigenvalue weighted by molar-refractivity contribution is 0.234. The van der Waals surface area contributed by atoms with Gasteiger partial charge >= 0.3 is 0 Å². The number of nitrogens with one attached hydrogen (secondary N) is 1. The van der Waals surface area contributed by atoms with Gasteiger partial charge in [-0.05, 0) is 20.3 Å². The fourth-order valence-corrected chi connectivity index (χ4v) is 1.25. The van der Waals surface area contributed by atoms with Crippen LogP contribution in [0.3, 0.4) is 0 Å². The van der Waals surface area contributed by atoms with Crippen LogP contribution in [0.4, 0.5) is 5.82 Å². The van der Waals surface area contributed by atoms with Crippen molar-refractivity contribution < 1.29 is 5.11 Å². The lowest BCUT2D eigenvalue weighted by atomic mass is 10.1. The summed E-state index contributed by atoms with van der Waals surface area (Å²) in [5.74, 6) is 0.771. The molecular weight excluding hydrogens is 190 g/mol. The molecule has 2 N–H and O–H groups in total. The van der Waals surface area contributed by atoms with Gasteiger partial charge in [-0.15, -0.1) is 0 Å². The summed E-state index contributed by atoms with van der Waals surface area (Å²) in [5, 5.41) is 12.3. The molecule has 0 atom stereocenters. The van der Waals surface area contributed by atoms with Gasteiger partial charge in [0, 0.05) is 11.8 Å². The Balaban J connectivity index is 2.73. The molecule has 0 radical (unpaired) electrons. The van der Waals surface area contributed by atoms with Crippen LogP contribution in [0.1, 0.15) is 32.9 Å². The molecular formula is C11H19N3O. The molecule has 0 saturated carbocycles. The molecule has 1 aromatic heterocycles. The van der Waals surface area contributed by atoms with Crippen LogP contribution < -0.4 is 5.32 Å². The van der Waals surface area contributed by atoms with E-state index in [4.69, 9.17) is 5.11 Å². The van der Waals surface area contributed by atoms with Crippen molar-refractivity contribution in [2.75, 3.05) is 11.9 Å². The second-order valence-corrected chi connectivity index (χ2v) is 4.31. The van der Waals surface area contributed by atoms with E-state index in [9.17, 15) is 0 Å². The van der Waals surface area contributed by atoms with Crippen LogP contribution in [0.5, 0.6) is 0 Å². The van der Waals surface area contributed by atoms with E-state index in [2.05, 4.69) is 22.2 Å². The maximum absolute atomic E-state index is 9.12. The normalized spacial score (nSPS) is 11.5. The predicted octanol–water partition coefficient (Wildman–Crippen LogP) is 1.61. The molecule has 0 aliphatic carbocycles. The number of anilines is 1. The van der Waals surface area contributed by atoms with Gasteiger partial charge in [0.2, 0.25) is 0 Å². The largest absolute Gasteiger partial charge is 0.394 e. The summed E-state index contributed by atoms with van der Waals surface area (Å²) in [6, 6.07) is 1.93. The summed E-state index contributed by atoms with van der Waals surface area (Å²) in [6.07, 6.45) is 3.58. The quantitative estimate of drug-likeness (QED) is 0.773. The molecule has 0 aromatic carbocycles. The highest BCUT2D eigenvalue weighted by Crippen LogP contribution is 2.12. The number of aromatic nitrogens is 2. The minimum Gasteiger partial charge on any atom is -0.394 e. The lowest BCUT2D eigenvalue weighted by Crippen LogP contribution is -2.35. The van der Waals surface area contributed by atoms with E-state index in [-0.39, 0.29) is 12.1 Å². The Morgan fingerprint density at radius 3 is 2.73 bits per heavy atom. The Hall–Kier alpha value is -1.16. The number of aliphatic hydroxyl groups is 1. The van der Waals surface area contributed by atoms with Gasteiger partial charge in [0.1, 0.15) is 12.1 Å². The summed E-state index contributed by atoms with van der Waals surface area (Å²) in [7, 11) is 0. The van der Waals surface area contributed by atoms with E-state index >= 15 is 0 Å². The molecule has 0 aliphatic rings. The SMILES string of the molecule is CCCc1cc(NC(C)(C)CO)ncn1. The van der Waals surface area contributed by atoms with Crippen molar-refractivity contribution >= 4 is 5.82 Å². The fraction of sp³-hybridized carbons (Fsp3) is 0.636. The first-order chi connectivity index (χ1) is 7.07. The van der Waals surface area contributed by atoms with Crippen LogP contribution >= 0.6 is 0 Å². The molecule has 1 aromatic rings. The number of rotatable bonds is 5. The topological polar surface area (TPSA) is 58.0 Å². The molecule has 0 amide bonds. The number of aryl methyl sites for hydroxylation is 1. The highest BCUT2D eigenvalue weighted by molar-refractivity contribution is 5.37. The molecule has 0 bridgehead atoms. The third-order valence-electron chi connectivity index (χ3n) is 2.09. The van der Waals surface area contributed by atoms with Crippen molar-refractivity contribution in [2.45, 2.75) is 39.2 Å². The Morgan fingerprint density at radius 2 is 2.13 bits per heavy atom. The zero-order chi connectivity index (χ0) is 11.3. The molecule has 0 saturated heterocycles. The van der Waals surface area contributed by atoms with Crippen molar-refractivity contribution in [2.24, 2.45) is 0 Å². The maximum Gasteiger partial charge on any atom is 0.130 e. The van der Waals surface area contributed by atoms with Crippen molar-refractivity contribution in [3.63, 3.8) is 0 Å². The lowest BCUT2D eigenvalue weighted by Gasteiger charge is -2.24. The second-order valence-electron chi connectivity index (χ2n) is 4.31. The van der Waals surface area contributed by atoms with Gasteiger partial charge in [-0.3, -0.25) is 0 Å². The summed E-state index contributed by atoms with van der Waals surface area (Å²) in [6.45, 7) is 6.04. The maximum atomic E-state index is 9.12. The number of hydrogen-bond donors (Lipinski definition) is 2. The molecule has 0 fully saturated rings. The summed E-state index contributed by atoms with van der Waals surface area (Å²) >= 11 is 0. The summed E-state index contributed by atoms with van der Waals surface area (Å²) < 4.78 is 0. The number of aliphatic hydroxyl groups excluding tert-OH is 1. The summed E-state index contributed by atoms with van der Waals surface area (Å²) in [4.78, 5) is 8.29. The van der Waals surface area contributed by atoms with E-state index in [0.717, 1.165) is 24.4 Å². The predicted molar refractivity (Wildman–Crippen MR) is 60.8 cm³/mol. The van der Waals surface area contributed by atoms with E-state index in [1.54, 1.807) is 6.33 Å². The fourth-order valence-electron chi connectivity index (χ4n) is 1.25. The van der Waals surface area contributed by atoms with Crippen LogP contribution in [0.15, 0.2) is 12.4 Å². The first-order valence-corrected chi connectivity index (χ1v) is 5.27. The Bertz CT molecular complexity index is 312. The van der Waals surface area contributed by atoms with E-state index in [1.807, 2.05) is 19.9 Å². The minimum absolute atomic E-state index is 0.0696. The Morgan fingerprint density at radius 1 is 1.40 bits per heavy atom. The minimum atomic E-state index is -0.349. The smallest absolute Gasteiger partial charge is 0.130 e. The van der Waals surface area contributed by atoms with E-state index < -0.39 is 0 Å². The summed E-state index contributed by atoms with van der Waals surface area (Å²) in [5.41, 5.74) is 0.682. The third kappa shape index (κ3) is 3.83. The van der Waals surface area contributed by atoms with Crippen LogP contribution in [-0.4, -0.2) is 27.2 Å². The van der Waals surface area contributed by atoms with Gasteiger partial charge in [0.25, 0.3) is 0 Å². The van der Waals surface area contributed by atoms with Gasteiger partial charge in [-0.2, -0.15) is 0 Å². The molecule has 0 aliphatic heterocycles. The van der Waals surface area contributed by atoms with E-state index in [0.29, 0.717) is 0 Å². The van der Waals surface area contributed by atoms with Gasteiger partial charge in [-0.1, -0.05) is 13.3 Å². The molecule has 1 heterocycles. The first kappa shape index (κ1) is 11.9. The first-order valence-electron chi connectivity index (χ1n) is 5.27. The molecule has 0 unspecified atom stereocenters. The van der Waals surface area contributed by atoms with Gasteiger partial charge in [0.15, 0.2) is 0 Å². The standard InChI is InChI=1S/C11H19N3O/c1-4-5-9-6-10(13-8-12-9)14-11(2,3)7-15/h6,8,15H,4-5,7H2,1-3H3,(H,12,13,14). The number of hydrogen-bond acceptors (Lipinski definition) is 4. The molecule has 84 valence electrons. The Kier molecular flexibility index (Phi) is 4.03. The highest BCUT2D eigenvalue weighted by atomic mass is 16.3. The molecule has 4 nitrogen and oxygen atoms in total. The van der Waals surface area contributed by atoms with Gasteiger partial charge in [0.05, 0.1) is 12.1 Å². The van der Waals surface area contributed by atoms with Crippen LogP contribution in [0.25, 0.3) is 0 Å². The monoisotopic (exact) mass is 209 g/mol. The van der Waals surface area contributed by atoms with Crippen molar-refractivity contribution in [1.29, 1.82) is 0 Å². The zero-order valence-electron chi connectivity index (χ0n) is 9.62. The highest BCUT2D eigenvalue weighted by Gasteiger charge is 2.16. The average molecular weight is 209 g/mol. The average Bonchev–Trinajstić information content (AvgIpc) is 2.18. The van der Waals surface area contributed by atoms with E-state index in [1.165, 1.54) is 0 Å². The Labute approximate surface area is 90.8 Å². The van der Waals surface area contributed by atoms with Crippen molar-refractivity contribution in [3.8, 4) is 0 Å². The molecule has 15 heavy (non-hydrogen) atoms.